The molecule has 1 aliphatic heterocycles. The zero-order chi connectivity index (χ0) is 14.3. The fourth-order valence-electron chi connectivity index (χ4n) is 2.78. The van der Waals surface area contributed by atoms with Gasteiger partial charge in [-0.3, -0.25) is 0 Å². The largest absolute Gasteiger partial charge is 0.390 e. The van der Waals surface area contributed by atoms with E-state index in [1.165, 1.54) is 0 Å². The Balaban J connectivity index is 1.80. The number of hydrogen-bond acceptors (Lipinski definition) is 4. The summed E-state index contributed by atoms with van der Waals surface area (Å²) in [6, 6.07) is 1.92. The second-order valence-electron chi connectivity index (χ2n) is 5.83. The van der Waals surface area contributed by atoms with E-state index >= 15 is 0 Å². The lowest BCUT2D eigenvalue weighted by molar-refractivity contribution is 0.270. The van der Waals surface area contributed by atoms with Gasteiger partial charge < -0.3 is 14.6 Å². The van der Waals surface area contributed by atoms with Gasteiger partial charge in [-0.05, 0) is 38.9 Å². The molecule has 112 valence electrons. The van der Waals surface area contributed by atoms with Crippen LogP contribution in [0.1, 0.15) is 31.0 Å². The molecule has 1 aromatic rings. The first-order valence-electron chi connectivity index (χ1n) is 7.02. The average molecular weight is 299 g/mol. The van der Waals surface area contributed by atoms with Crippen LogP contribution >= 0.6 is 0 Å². The smallest absolute Gasteiger partial charge is 0.242 e. The summed E-state index contributed by atoms with van der Waals surface area (Å²) in [6.45, 7) is 1.53. The lowest BCUT2D eigenvalue weighted by atomic mass is 10.3. The van der Waals surface area contributed by atoms with Crippen LogP contribution in [0.4, 0.5) is 0 Å². The Morgan fingerprint density at radius 3 is 2.70 bits per heavy atom. The summed E-state index contributed by atoms with van der Waals surface area (Å²) in [5.74, 6) is 0. The lowest BCUT2D eigenvalue weighted by Gasteiger charge is -2.12. The summed E-state index contributed by atoms with van der Waals surface area (Å²) in [4.78, 5) is 2.38. The highest BCUT2D eigenvalue weighted by Crippen LogP contribution is 2.37. The first kappa shape index (κ1) is 14.1. The zero-order valence-electron chi connectivity index (χ0n) is 11.6. The van der Waals surface area contributed by atoms with E-state index in [2.05, 4.69) is 9.62 Å². The molecule has 0 spiro atoms. The maximum absolute atomic E-state index is 12.4. The maximum atomic E-state index is 12.4. The average Bonchev–Trinajstić information content (AvgIpc) is 3.01. The highest BCUT2D eigenvalue weighted by molar-refractivity contribution is 7.89. The summed E-state index contributed by atoms with van der Waals surface area (Å²) < 4.78 is 29.4. The van der Waals surface area contributed by atoms with Gasteiger partial charge in [-0.25, -0.2) is 13.1 Å². The second-order valence-corrected chi connectivity index (χ2v) is 7.55. The SMILES string of the molecule is CN1CCC(NS(=O)(=O)c2cc(CO)n(C3CC3)c2)C1. The van der Waals surface area contributed by atoms with Crippen LogP contribution in [0, 0.1) is 0 Å². The predicted molar refractivity (Wildman–Crippen MR) is 74.8 cm³/mol. The Hall–Kier alpha value is -0.890. The Kier molecular flexibility index (Phi) is 3.62. The van der Waals surface area contributed by atoms with Crippen molar-refractivity contribution in [1.29, 1.82) is 0 Å². The number of likely N-dealkylation sites (tertiary alicyclic amines) is 1. The van der Waals surface area contributed by atoms with Crippen molar-refractivity contribution < 1.29 is 13.5 Å². The van der Waals surface area contributed by atoms with Crippen LogP contribution in [-0.2, 0) is 16.6 Å². The van der Waals surface area contributed by atoms with Gasteiger partial charge in [0, 0.05) is 30.5 Å². The van der Waals surface area contributed by atoms with Gasteiger partial charge in [-0.1, -0.05) is 0 Å². The molecule has 1 aliphatic carbocycles. The van der Waals surface area contributed by atoms with Crippen molar-refractivity contribution in [3.8, 4) is 0 Å². The minimum absolute atomic E-state index is 0.0214. The highest BCUT2D eigenvalue weighted by Gasteiger charge is 2.30. The highest BCUT2D eigenvalue weighted by atomic mass is 32.2. The number of hydrogen-bond donors (Lipinski definition) is 2. The van der Waals surface area contributed by atoms with Crippen LogP contribution < -0.4 is 4.72 Å². The van der Waals surface area contributed by atoms with E-state index in [4.69, 9.17) is 0 Å². The van der Waals surface area contributed by atoms with Gasteiger partial charge in [-0.15, -0.1) is 0 Å². The van der Waals surface area contributed by atoms with E-state index in [9.17, 15) is 13.5 Å². The van der Waals surface area contributed by atoms with Gasteiger partial charge in [0.15, 0.2) is 0 Å². The molecule has 2 heterocycles. The Morgan fingerprint density at radius 1 is 1.40 bits per heavy atom. The monoisotopic (exact) mass is 299 g/mol. The molecule has 0 aromatic carbocycles. The summed E-state index contributed by atoms with van der Waals surface area (Å²) >= 11 is 0. The predicted octanol–water partition coefficient (Wildman–Crippen LogP) is 0.298. The summed E-state index contributed by atoms with van der Waals surface area (Å²) in [5, 5.41) is 9.35. The number of aliphatic hydroxyl groups is 1. The molecule has 1 saturated carbocycles. The summed E-state index contributed by atoms with van der Waals surface area (Å²) in [6.07, 6.45) is 4.61. The van der Waals surface area contributed by atoms with Crippen LogP contribution in [0.3, 0.4) is 0 Å². The van der Waals surface area contributed by atoms with Gasteiger partial charge >= 0.3 is 0 Å². The van der Waals surface area contributed by atoms with Gasteiger partial charge in [0.25, 0.3) is 0 Å². The molecule has 2 aliphatic rings. The number of nitrogens with zero attached hydrogens (tertiary/aromatic N) is 2. The summed E-state index contributed by atoms with van der Waals surface area (Å²) in [7, 11) is -1.51. The fraction of sp³-hybridized carbons (Fsp3) is 0.692. The number of likely N-dealkylation sites (N-methyl/N-ethyl adjacent to an activating group) is 1. The Labute approximate surface area is 119 Å². The molecule has 2 fully saturated rings. The molecular weight excluding hydrogens is 278 g/mol. The normalized spacial score (nSPS) is 24.4. The van der Waals surface area contributed by atoms with E-state index in [0.29, 0.717) is 11.7 Å². The molecule has 0 bridgehead atoms. The lowest BCUT2D eigenvalue weighted by Crippen LogP contribution is -2.36. The van der Waals surface area contributed by atoms with Crippen LogP contribution in [0.25, 0.3) is 0 Å². The van der Waals surface area contributed by atoms with Crippen LogP contribution in [0.15, 0.2) is 17.2 Å². The van der Waals surface area contributed by atoms with Crippen LogP contribution in [-0.4, -0.2) is 49.2 Å². The minimum Gasteiger partial charge on any atom is -0.390 e. The number of rotatable bonds is 5. The first-order valence-corrected chi connectivity index (χ1v) is 8.50. The quantitative estimate of drug-likeness (QED) is 0.820. The molecule has 7 heteroatoms. The van der Waals surface area contributed by atoms with Gasteiger partial charge in [0.2, 0.25) is 10.0 Å². The zero-order valence-corrected chi connectivity index (χ0v) is 12.4. The third-order valence-electron chi connectivity index (χ3n) is 4.03. The second kappa shape index (κ2) is 5.14. The van der Waals surface area contributed by atoms with Crippen molar-refractivity contribution in [2.45, 2.75) is 42.8 Å². The van der Waals surface area contributed by atoms with E-state index in [1.54, 1.807) is 12.3 Å². The molecule has 1 unspecified atom stereocenters. The standard InChI is InChI=1S/C13H21N3O3S/c1-15-5-4-10(7-15)14-20(18,19)13-6-12(9-17)16(8-13)11-2-3-11/h6,8,10-11,14,17H,2-5,7,9H2,1H3. The maximum Gasteiger partial charge on any atom is 0.242 e. The van der Waals surface area contributed by atoms with Crippen LogP contribution in [0.2, 0.25) is 0 Å². The molecule has 20 heavy (non-hydrogen) atoms. The molecular formula is C13H21N3O3S. The fourth-order valence-corrected chi connectivity index (χ4v) is 4.09. The van der Waals surface area contributed by atoms with Crippen molar-refractivity contribution >= 4 is 10.0 Å². The van der Waals surface area contributed by atoms with Crippen LogP contribution in [0.5, 0.6) is 0 Å². The van der Waals surface area contributed by atoms with Crippen molar-refractivity contribution in [3.05, 3.63) is 18.0 Å². The Morgan fingerprint density at radius 2 is 2.15 bits per heavy atom. The van der Waals surface area contributed by atoms with Crippen molar-refractivity contribution in [1.82, 2.24) is 14.2 Å². The number of aromatic nitrogens is 1. The number of aliphatic hydroxyl groups excluding tert-OH is 1. The van der Waals surface area contributed by atoms with Gasteiger partial charge in [-0.2, -0.15) is 0 Å². The molecule has 0 radical (unpaired) electrons. The molecule has 1 aromatic heterocycles. The summed E-state index contributed by atoms with van der Waals surface area (Å²) in [5.41, 5.74) is 0.677. The van der Waals surface area contributed by atoms with Crippen molar-refractivity contribution in [2.24, 2.45) is 0 Å². The molecule has 6 nitrogen and oxygen atoms in total. The van der Waals surface area contributed by atoms with E-state index in [0.717, 1.165) is 32.4 Å². The first-order chi connectivity index (χ1) is 9.49. The van der Waals surface area contributed by atoms with E-state index in [-0.39, 0.29) is 17.5 Å². The third kappa shape index (κ3) is 2.76. The topological polar surface area (TPSA) is 74.6 Å². The molecule has 3 rings (SSSR count). The third-order valence-corrected chi connectivity index (χ3v) is 5.52. The number of nitrogens with one attached hydrogen (secondary N) is 1. The molecule has 1 saturated heterocycles. The van der Waals surface area contributed by atoms with Crippen molar-refractivity contribution in [2.75, 3.05) is 20.1 Å². The molecule has 0 amide bonds. The minimum atomic E-state index is -3.49. The molecule has 1 atom stereocenters. The number of sulfonamides is 1. The molecule has 2 N–H and O–H groups in total. The van der Waals surface area contributed by atoms with E-state index < -0.39 is 10.0 Å². The van der Waals surface area contributed by atoms with Gasteiger partial charge in [0.1, 0.15) is 0 Å². The van der Waals surface area contributed by atoms with E-state index in [1.807, 2.05) is 11.6 Å². The van der Waals surface area contributed by atoms with Crippen molar-refractivity contribution in [3.63, 3.8) is 0 Å². The van der Waals surface area contributed by atoms with Gasteiger partial charge in [0.05, 0.1) is 11.5 Å². The Bertz CT molecular complexity index is 592.